The first-order valence-electron chi connectivity index (χ1n) is 6.64. The Morgan fingerprint density at radius 1 is 1.47 bits per heavy atom. The zero-order valence-corrected chi connectivity index (χ0v) is 11.1. The van der Waals surface area contributed by atoms with E-state index >= 15 is 0 Å². The highest BCUT2D eigenvalue weighted by Crippen LogP contribution is 2.36. The Bertz CT molecular complexity index is 357. The minimum Gasteiger partial charge on any atom is -0.372 e. The van der Waals surface area contributed by atoms with Gasteiger partial charge in [-0.2, -0.15) is 0 Å². The molecule has 4 heteroatoms. The lowest BCUT2D eigenvalue weighted by Gasteiger charge is -2.43. The van der Waals surface area contributed by atoms with Crippen LogP contribution in [0.3, 0.4) is 0 Å². The molecule has 0 radical (unpaired) electrons. The van der Waals surface area contributed by atoms with Gasteiger partial charge in [-0.05, 0) is 19.8 Å². The molecule has 0 aromatic carbocycles. The summed E-state index contributed by atoms with van der Waals surface area (Å²) in [6.45, 7) is 9.19. The van der Waals surface area contributed by atoms with Crippen LogP contribution in [-0.4, -0.2) is 28.3 Å². The molecule has 1 N–H and O–H groups in total. The van der Waals surface area contributed by atoms with Crippen molar-refractivity contribution < 1.29 is 4.74 Å². The highest BCUT2D eigenvalue weighted by atomic mass is 16.5. The first-order valence-corrected chi connectivity index (χ1v) is 6.64. The summed E-state index contributed by atoms with van der Waals surface area (Å²) in [4.78, 5) is 4.52. The average Bonchev–Trinajstić information content (AvgIpc) is 2.87. The minimum absolute atomic E-state index is 0.0921. The van der Waals surface area contributed by atoms with E-state index in [4.69, 9.17) is 4.74 Å². The number of nitrogens with one attached hydrogen (secondary N) is 1. The fourth-order valence-corrected chi connectivity index (χ4v) is 2.66. The Labute approximate surface area is 103 Å². The summed E-state index contributed by atoms with van der Waals surface area (Å²) in [5.74, 6) is 0. The molecule has 1 saturated heterocycles. The second-order valence-electron chi connectivity index (χ2n) is 4.64. The molecule has 0 bridgehead atoms. The van der Waals surface area contributed by atoms with Crippen molar-refractivity contribution >= 4 is 0 Å². The zero-order valence-electron chi connectivity index (χ0n) is 11.1. The molecule has 1 unspecified atom stereocenters. The molecular weight excluding hydrogens is 214 g/mol. The number of rotatable bonds is 4. The molecule has 96 valence electrons. The monoisotopic (exact) mass is 237 g/mol. The van der Waals surface area contributed by atoms with E-state index in [0.717, 1.165) is 38.2 Å². The van der Waals surface area contributed by atoms with E-state index in [9.17, 15) is 0 Å². The zero-order chi connectivity index (χ0) is 12.3. The number of aryl methyl sites for hydroxylation is 1. The first kappa shape index (κ1) is 12.6. The van der Waals surface area contributed by atoms with Crippen LogP contribution in [0.1, 0.15) is 45.3 Å². The summed E-state index contributed by atoms with van der Waals surface area (Å²) < 4.78 is 8.17. The maximum Gasteiger partial charge on any atom is 0.0950 e. The number of aromatic nitrogens is 2. The predicted molar refractivity (Wildman–Crippen MR) is 67.9 cm³/mol. The molecular formula is C13H23N3O. The summed E-state index contributed by atoms with van der Waals surface area (Å²) in [6.07, 6.45) is 6.06. The molecule has 1 atom stereocenters. The van der Waals surface area contributed by atoms with Crippen molar-refractivity contribution in [3.05, 3.63) is 18.2 Å². The Morgan fingerprint density at radius 2 is 2.24 bits per heavy atom. The number of morpholine rings is 1. The third-order valence-corrected chi connectivity index (χ3v) is 3.88. The van der Waals surface area contributed by atoms with Crippen LogP contribution >= 0.6 is 0 Å². The molecule has 1 aromatic rings. The summed E-state index contributed by atoms with van der Waals surface area (Å²) in [5.41, 5.74) is 1.01. The lowest BCUT2D eigenvalue weighted by atomic mass is 9.85. The van der Waals surface area contributed by atoms with Gasteiger partial charge in [0.1, 0.15) is 0 Å². The predicted octanol–water partition coefficient (Wildman–Crippen LogP) is 2.12. The Hall–Kier alpha value is -0.870. The molecule has 2 rings (SSSR count). The average molecular weight is 237 g/mol. The fourth-order valence-electron chi connectivity index (χ4n) is 2.66. The molecule has 4 nitrogen and oxygen atoms in total. The van der Waals surface area contributed by atoms with Gasteiger partial charge < -0.3 is 14.6 Å². The van der Waals surface area contributed by atoms with Crippen LogP contribution in [0.25, 0.3) is 0 Å². The maximum atomic E-state index is 6.06. The second-order valence-corrected chi connectivity index (χ2v) is 4.64. The number of hydrogen-bond acceptors (Lipinski definition) is 3. The number of imidazole rings is 1. The Kier molecular flexibility index (Phi) is 3.84. The molecule has 1 fully saturated rings. The SMILES string of the molecule is CCn1cnc(C2NCCOC2(CC)CC)c1. The molecule has 0 saturated carbocycles. The van der Waals surface area contributed by atoms with Crippen LogP contribution in [0, 0.1) is 0 Å². The van der Waals surface area contributed by atoms with E-state index in [1.165, 1.54) is 0 Å². The highest BCUT2D eigenvalue weighted by molar-refractivity contribution is 5.12. The van der Waals surface area contributed by atoms with Crippen molar-refractivity contribution in [2.45, 2.75) is 51.8 Å². The highest BCUT2D eigenvalue weighted by Gasteiger charge is 2.41. The van der Waals surface area contributed by atoms with Gasteiger partial charge >= 0.3 is 0 Å². The van der Waals surface area contributed by atoms with E-state index in [2.05, 4.69) is 41.8 Å². The second kappa shape index (κ2) is 5.19. The molecule has 2 heterocycles. The molecule has 0 spiro atoms. The van der Waals surface area contributed by atoms with Crippen molar-refractivity contribution in [2.24, 2.45) is 0 Å². The number of nitrogens with zero attached hydrogens (tertiary/aromatic N) is 2. The van der Waals surface area contributed by atoms with Crippen LogP contribution in [0.15, 0.2) is 12.5 Å². The lowest BCUT2D eigenvalue weighted by Crippen LogP contribution is -2.51. The lowest BCUT2D eigenvalue weighted by molar-refractivity contribution is -0.104. The van der Waals surface area contributed by atoms with Gasteiger partial charge in [-0.25, -0.2) is 4.98 Å². The van der Waals surface area contributed by atoms with Crippen molar-refractivity contribution in [2.75, 3.05) is 13.2 Å². The van der Waals surface area contributed by atoms with Crippen LogP contribution in [0.5, 0.6) is 0 Å². The summed E-state index contributed by atoms with van der Waals surface area (Å²) >= 11 is 0. The third-order valence-electron chi connectivity index (χ3n) is 3.88. The van der Waals surface area contributed by atoms with Crippen LogP contribution < -0.4 is 5.32 Å². The summed E-state index contributed by atoms with van der Waals surface area (Å²) in [5, 5.41) is 3.56. The van der Waals surface area contributed by atoms with Gasteiger partial charge in [-0.3, -0.25) is 0 Å². The normalized spacial score (nSPS) is 23.8. The topological polar surface area (TPSA) is 39.1 Å². The van der Waals surface area contributed by atoms with Gasteiger partial charge in [0, 0.05) is 19.3 Å². The smallest absolute Gasteiger partial charge is 0.0950 e. The van der Waals surface area contributed by atoms with Gasteiger partial charge in [-0.1, -0.05) is 13.8 Å². The Balaban J connectivity index is 2.26. The van der Waals surface area contributed by atoms with Gasteiger partial charge in [0.2, 0.25) is 0 Å². The van der Waals surface area contributed by atoms with Gasteiger partial charge in [0.25, 0.3) is 0 Å². The van der Waals surface area contributed by atoms with Crippen LogP contribution in [-0.2, 0) is 11.3 Å². The summed E-state index contributed by atoms with van der Waals surface area (Å²) in [7, 11) is 0. The van der Waals surface area contributed by atoms with Crippen LogP contribution in [0.2, 0.25) is 0 Å². The Morgan fingerprint density at radius 3 is 2.82 bits per heavy atom. The molecule has 1 aromatic heterocycles. The standard InChI is InChI=1S/C13H23N3O/c1-4-13(5-2)12(14-7-8-17-13)11-9-16(6-3)10-15-11/h9-10,12,14H,4-8H2,1-3H3. The van der Waals surface area contributed by atoms with E-state index < -0.39 is 0 Å². The van der Waals surface area contributed by atoms with Gasteiger partial charge in [-0.15, -0.1) is 0 Å². The minimum atomic E-state index is -0.0921. The fraction of sp³-hybridized carbons (Fsp3) is 0.769. The van der Waals surface area contributed by atoms with E-state index in [0.29, 0.717) is 0 Å². The van der Waals surface area contributed by atoms with E-state index in [-0.39, 0.29) is 11.6 Å². The largest absolute Gasteiger partial charge is 0.372 e. The van der Waals surface area contributed by atoms with E-state index in [1.54, 1.807) is 0 Å². The number of hydrogen-bond donors (Lipinski definition) is 1. The molecule has 0 aliphatic carbocycles. The molecule has 1 aliphatic rings. The van der Waals surface area contributed by atoms with Crippen molar-refractivity contribution in [3.63, 3.8) is 0 Å². The third kappa shape index (κ3) is 2.24. The molecule has 17 heavy (non-hydrogen) atoms. The number of ether oxygens (including phenoxy) is 1. The first-order chi connectivity index (χ1) is 8.25. The van der Waals surface area contributed by atoms with E-state index in [1.807, 2.05) is 6.33 Å². The van der Waals surface area contributed by atoms with Crippen molar-refractivity contribution in [1.82, 2.24) is 14.9 Å². The van der Waals surface area contributed by atoms with Crippen LogP contribution in [0.4, 0.5) is 0 Å². The van der Waals surface area contributed by atoms with Crippen molar-refractivity contribution in [1.29, 1.82) is 0 Å². The molecule has 1 aliphatic heterocycles. The quantitative estimate of drug-likeness (QED) is 0.872. The molecule has 0 amide bonds. The maximum absolute atomic E-state index is 6.06. The van der Waals surface area contributed by atoms with Gasteiger partial charge in [0.15, 0.2) is 0 Å². The van der Waals surface area contributed by atoms with Gasteiger partial charge in [0.05, 0.1) is 30.3 Å². The summed E-state index contributed by atoms with van der Waals surface area (Å²) in [6, 6.07) is 0.221. The van der Waals surface area contributed by atoms with Crippen molar-refractivity contribution in [3.8, 4) is 0 Å².